The highest BCUT2D eigenvalue weighted by Gasteiger charge is 2.28. The highest BCUT2D eigenvalue weighted by molar-refractivity contribution is 6.23. The van der Waals surface area contributed by atoms with E-state index in [1.807, 2.05) is 36.4 Å². The van der Waals surface area contributed by atoms with Crippen LogP contribution in [0.15, 0.2) is 194 Å². The zero-order valence-electron chi connectivity index (χ0n) is 29.7. The summed E-state index contributed by atoms with van der Waals surface area (Å²) in [6.07, 6.45) is 0. The van der Waals surface area contributed by atoms with Crippen LogP contribution in [-0.2, 0) is 0 Å². The molecule has 5 heteroatoms. The topological polar surface area (TPSA) is 43.2 Å². The number of para-hydroxylation sites is 2. The van der Waals surface area contributed by atoms with E-state index in [2.05, 4.69) is 167 Å². The summed E-state index contributed by atoms with van der Waals surface area (Å²) in [7, 11) is 0. The molecule has 0 saturated carbocycles. The van der Waals surface area contributed by atoms with Gasteiger partial charge in [0, 0.05) is 44.9 Å². The molecule has 5 nitrogen and oxygen atoms in total. The van der Waals surface area contributed by atoms with E-state index in [4.69, 9.17) is 14.7 Å². The molecule has 55 heavy (non-hydrogen) atoms. The summed E-state index contributed by atoms with van der Waals surface area (Å²) in [5, 5.41) is 4.74. The van der Waals surface area contributed by atoms with E-state index in [0.29, 0.717) is 5.82 Å². The highest BCUT2D eigenvalue weighted by Crippen LogP contribution is 2.50. The lowest BCUT2D eigenvalue weighted by atomic mass is 10.0. The Hall–Kier alpha value is -7.50. The summed E-state index contributed by atoms with van der Waals surface area (Å²) in [6, 6.07) is 67.6. The van der Waals surface area contributed by atoms with Crippen molar-refractivity contribution in [3.63, 3.8) is 0 Å². The molecule has 0 amide bonds. The van der Waals surface area contributed by atoms with Crippen LogP contribution in [0.2, 0.25) is 0 Å². The summed E-state index contributed by atoms with van der Waals surface area (Å²) in [4.78, 5) is 12.6. The zero-order chi connectivity index (χ0) is 36.3. The van der Waals surface area contributed by atoms with Gasteiger partial charge in [0.2, 0.25) is 0 Å². The largest absolute Gasteiger partial charge is 0.453 e. The minimum atomic E-state index is 0.638. The SMILES string of the molecule is c1ccc(-c2cc(-c3ccccc3)nc(-c3ccc4c(c3)Oc3cc(N(c5ccccc5)c5ccccc5)cc5c6c7ccccc7ccc6n-4c35)n2)cc1. The van der Waals surface area contributed by atoms with Crippen molar-refractivity contribution >= 4 is 49.6 Å². The standard InChI is InChI=1S/C50H32N4O/c1-5-16-34(17-6-1)42-32-43(35-18-7-2-8-19-35)52-50(51-42)36-26-27-44-46(29-36)55-47-31-39(53(37-20-9-3-10-21-37)38-22-11-4-12-23-38)30-41-48-40-24-14-13-15-33(40)25-28-45(48)54(44)49(41)47/h1-32H. The van der Waals surface area contributed by atoms with Gasteiger partial charge in [-0.1, -0.05) is 127 Å². The van der Waals surface area contributed by atoms with E-state index < -0.39 is 0 Å². The summed E-state index contributed by atoms with van der Waals surface area (Å²) in [5.74, 6) is 2.17. The third kappa shape index (κ3) is 5.17. The van der Waals surface area contributed by atoms with Crippen LogP contribution in [0.3, 0.4) is 0 Å². The number of fused-ring (bicyclic) bond motifs is 7. The molecule has 0 unspecified atom stereocenters. The number of anilines is 3. The Labute approximate surface area is 318 Å². The van der Waals surface area contributed by atoms with Gasteiger partial charge in [0.25, 0.3) is 0 Å². The van der Waals surface area contributed by atoms with Crippen LogP contribution in [-0.4, -0.2) is 14.5 Å². The molecule has 8 aromatic carbocycles. The molecule has 0 spiro atoms. The van der Waals surface area contributed by atoms with Gasteiger partial charge in [-0.25, -0.2) is 9.97 Å². The third-order valence-corrected chi connectivity index (χ3v) is 10.5. The fourth-order valence-corrected chi connectivity index (χ4v) is 8.05. The molecular formula is C50H32N4O. The second-order valence-electron chi connectivity index (χ2n) is 13.8. The molecule has 2 aromatic heterocycles. The van der Waals surface area contributed by atoms with Gasteiger partial charge in [0.15, 0.2) is 17.3 Å². The van der Waals surface area contributed by atoms with E-state index in [-0.39, 0.29) is 0 Å². The van der Waals surface area contributed by atoms with Crippen LogP contribution >= 0.6 is 0 Å². The molecule has 10 aromatic rings. The minimum Gasteiger partial charge on any atom is -0.453 e. The smallest absolute Gasteiger partial charge is 0.160 e. The summed E-state index contributed by atoms with van der Waals surface area (Å²) in [6.45, 7) is 0. The van der Waals surface area contributed by atoms with Crippen molar-refractivity contribution < 1.29 is 4.74 Å². The molecule has 0 N–H and O–H groups in total. The maximum absolute atomic E-state index is 7.04. The second-order valence-corrected chi connectivity index (χ2v) is 13.8. The van der Waals surface area contributed by atoms with Gasteiger partial charge in [-0.2, -0.15) is 0 Å². The first-order valence-electron chi connectivity index (χ1n) is 18.5. The van der Waals surface area contributed by atoms with Crippen molar-refractivity contribution in [1.29, 1.82) is 0 Å². The lowest BCUT2D eigenvalue weighted by Crippen LogP contribution is -2.11. The van der Waals surface area contributed by atoms with Gasteiger partial charge in [-0.3, -0.25) is 0 Å². The van der Waals surface area contributed by atoms with E-state index in [1.54, 1.807) is 0 Å². The van der Waals surface area contributed by atoms with Gasteiger partial charge in [0.05, 0.1) is 33.8 Å². The monoisotopic (exact) mass is 704 g/mol. The fourth-order valence-electron chi connectivity index (χ4n) is 8.05. The molecule has 1 aliphatic rings. The first-order chi connectivity index (χ1) is 27.3. The number of aromatic nitrogens is 3. The van der Waals surface area contributed by atoms with Crippen molar-refractivity contribution in [3.8, 4) is 51.1 Å². The van der Waals surface area contributed by atoms with Gasteiger partial charge in [0.1, 0.15) is 0 Å². The van der Waals surface area contributed by atoms with E-state index >= 15 is 0 Å². The van der Waals surface area contributed by atoms with E-state index in [1.165, 1.54) is 16.2 Å². The predicted octanol–water partition coefficient (Wildman–Crippen LogP) is 13.3. The number of hydrogen-bond donors (Lipinski definition) is 0. The van der Waals surface area contributed by atoms with Crippen LogP contribution in [0.1, 0.15) is 0 Å². The zero-order valence-corrected chi connectivity index (χ0v) is 29.7. The predicted molar refractivity (Wildman–Crippen MR) is 225 cm³/mol. The Kier molecular flexibility index (Phi) is 7.10. The fraction of sp³-hybridized carbons (Fsp3) is 0. The Balaban J connectivity index is 1.15. The molecule has 0 bridgehead atoms. The minimum absolute atomic E-state index is 0.638. The number of ether oxygens (including phenoxy) is 1. The molecule has 0 saturated heterocycles. The molecule has 1 aliphatic heterocycles. The first kappa shape index (κ1) is 31.1. The van der Waals surface area contributed by atoms with Gasteiger partial charge in [-0.15, -0.1) is 0 Å². The van der Waals surface area contributed by atoms with Crippen molar-refractivity contribution in [2.45, 2.75) is 0 Å². The second kappa shape index (κ2) is 12.6. The number of nitrogens with zero attached hydrogens (tertiary/aromatic N) is 4. The van der Waals surface area contributed by atoms with Crippen LogP contribution in [0.5, 0.6) is 11.5 Å². The van der Waals surface area contributed by atoms with Crippen molar-refractivity contribution in [2.75, 3.05) is 4.90 Å². The molecule has 0 fully saturated rings. The molecule has 0 atom stereocenters. The highest BCUT2D eigenvalue weighted by atomic mass is 16.5. The summed E-state index contributed by atoms with van der Waals surface area (Å²) in [5.41, 5.74) is 11.0. The Morgan fingerprint density at radius 1 is 0.436 bits per heavy atom. The average Bonchev–Trinajstić information content (AvgIpc) is 3.60. The summed E-state index contributed by atoms with van der Waals surface area (Å²) < 4.78 is 9.41. The molecule has 258 valence electrons. The van der Waals surface area contributed by atoms with Crippen molar-refractivity contribution in [1.82, 2.24) is 14.5 Å². The molecule has 11 rings (SSSR count). The van der Waals surface area contributed by atoms with Crippen LogP contribution < -0.4 is 9.64 Å². The number of rotatable bonds is 6. The maximum atomic E-state index is 7.04. The van der Waals surface area contributed by atoms with Crippen LogP contribution in [0.4, 0.5) is 17.1 Å². The van der Waals surface area contributed by atoms with Crippen LogP contribution in [0, 0.1) is 0 Å². The van der Waals surface area contributed by atoms with Crippen molar-refractivity contribution in [2.24, 2.45) is 0 Å². The van der Waals surface area contributed by atoms with E-state index in [9.17, 15) is 0 Å². The Morgan fingerprint density at radius 2 is 1.04 bits per heavy atom. The molecule has 3 heterocycles. The third-order valence-electron chi connectivity index (χ3n) is 10.5. The average molecular weight is 705 g/mol. The normalized spacial score (nSPS) is 11.8. The van der Waals surface area contributed by atoms with Crippen LogP contribution in [0.25, 0.3) is 72.2 Å². The summed E-state index contributed by atoms with van der Waals surface area (Å²) >= 11 is 0. The van der Waals surface area contributed by atoms with Gasteiger partial charge >= 0.3 is 0 Å². The molecular weight excluding hydrogens is 673 g/mol. The Morgan fingerprint density at radius 3 is 1.69 bits per heavy atom. The Bertz CT molecular complexity index is 2950. The van der Waals surface area contributed by atoms with E-state index in [0.717, 1.165) is 78.7 Å². The first-order valence-corrected chi connectivity index (χ1v) is 18.5. The lowest BCUT2D eigenvalue weighted by Gasteiger charge is -2.27. The molecule has 0 aliphatic carbocycles. The quantitative estimate of drug-likeness (QED) is 0.173. The van der Waals surface area contributed by atoms with Crippen molar-refractivity contribution in [3.05, 3.63) is 194 Å². The number of benzene rings is 8. The van der Waals surface area contributed by atoms with Gasteiger partial charge in [-0.05, 0) is 71.4 Å². The lowest BCUT2D eigenvalue weighted by molar-refractivity contribution is 0.476. The van der Waals surface area contributed by atoms with Gasteiger partial charge < -0.3 is 14.2 Å². The number of hydrogen-bond acceptors (Lipinski definition) is 4. The molecule has 0 radical (unpaired) electrons. The maximum Gasteiger partial charge on any atom is 0.160 e.